The van der Waals surface area contributed by atoms with E-state index in [2.05, 4.69) is 10.1 Å². The van der Waals surface area contributed by atoms with Crippen LogP contribution < -0.4 is 9.47 Å². The molecule has 9 nitrogen and oxygen atoms in total. The number of aliphatic imine (C=N–C) groups is 1. The maximum Gasteiger partial charge on any atom is 0.283 e. The first-order chi connectivity index (χ1) is 18.0. The number of amides is 2. The van der Waals surface area contributed by atoms with E-state index in [1.807, 2.05) is 35.2 Å². The summed E-state index contributed by atoms with van der Waals surface area (Å²) in [5.74, 6) is 0.608. The third kappa shape index (κ3) is 5.86. The molecule has 2 amide bonds. The van der Waals surface area contributed by atoms with Gasteiger partial charge in [0.05, 0.1) is 17.0 Å². The fourth-order valence-electron chi connectivity index (χ4n) is 4.03. The van der Waals surface area contributed by atoms with Crippen molar-refractivity contribution in [2.75, 3.05) is 26.3 Å². The van der Waals surface area contributed by atoms with E-state index in [1.165, 1.54) is 5.01 Å². The zero-order chi connectivity index (χ0) is 25.8. The second kappa shape index (κ2) is 11.2. The summed E-state index contributed by atoms with van der Waals surface area (Å²) in [7, 11) is 0. The van der Waals surface area contributed by atoms with Crippen LogP contribution in [0.4, 0.5) is 0 Å². The number of amidine groups is 2. The van der Waals surface area contributed by atoms with Gasteiger partial charge in [-0.3, -0.25) is 15.0 Å². The van der Waals surface area contributed by atoms with Gasteiger partial charge in [-0.2, -0.15) is 15.1 Å². The zero-order valence-corrected chi connectivity index (χ0v) is 21.4. The van der Waals surface area contributed by atoms with Crippen LogP contribution in [0.15, 0.2) is 64.2 Å². The van der Waals surface area contributed by atoms with Gasteiger partial charge in [-0.15, -0.1) is 0 Å². The van der Waals surface area contributed by atoms with Gasteiger partial charge in [0.15, 0.2) is 5.84 Å². The molecule has 3 aliphatic heterocycles. The summed E-state index contributed by atoms with van der Waals surface area (Å²) in [5, 5.41) is 15.4. The molecule has 1 N–H and O–H groups in total. The summed E-state index contributed by atoms with van der Waals surface area (Å²) in [6, 6.07) is 14.6. The van der Waals surface area contributed by atoms with Gasteiger partial charge < -0.3 is 14.4 Å². The molecule has 11 heteroatoms. The first kappa shape index (κ1) is 25.0. The molecule has 5 rings (SSSR count). The average Bonchev–Trinajstić information content (AvgIpc) is 3.57. The Morgan fingerprint density at radius 1 is 1.11 bits per heavy atom. The molecule has 0 bridgehead atoms. The second-order valence-electron chi connectivity index (χ2n) is 8.48. The van der Waals surface area contributed by atoms with Gasteiger partial charge in [-0.05, 0) is 60.5 Å². The number of carbonyl (C=O) groups is 2. The quantitative estimate of drug-likeness (QED) is 0.394. The van der Waals surface area contributed by atoms with Gasteiger partial charge in [0, 0.05) is 13.1 Å². The number of nitrogens with one attached hydrogen (secondary N) is 1. The lowest BCUT2D eigenvalue weighted by atomic mass is 10.1. The fourth-order valence-corrected chi connectivity index (χ4v) is 5.15. The van der Waals surface area contributed by atoms with Crippen molar-refractivity contribution >= 4 is 57.3 Å². The summed E-state index contributed by atoms with van der Waals surface area (Å²) in [5.41, 5.74) is 0.700. The van der Waals surface area contributed by atoms with Crippen molar-refractivity contribution in [3.63, 3.8) is 0 Å². The van der Waals surface area contributed by atoms with Crippen LogP contribution in [0.3, 0.4) is 0 Å². The summed E-state index contributed by atoms with van der Waals surface area (Å²) in [6.45, 7) is 2.19. The molecule has 3 heterocycles. The molecule has 1 saturated heterocycles. The Hall–Kier alpha value is -3.63. The third-order valence-electron chi connectivity index (χ3n) is 5.88. The SMILES string of the molecule is N=C1C(=Cc2ccc(OCCOc3ccccc3)c(Cl)c2)C(=O)N=C2SC(CC(=O)N3CCCC3)=NN12. The molecule has 0 aromatic heterocycles. The largest absolute Gasteiger partial charge is 0.490 e. The van der Waals surface area contributed by atoms with Gasteiger partial charge in [-0.1, -0.05) is 35.9 Å². The Bertz CT molecular complexity index is 1320. The van der Waals surface area contributed by atoms with Crippen molar-refractivity contribution in [2.24, 2.45) is 10.1 Å². The Labute approximate surface area is 223 Å². The molecule has 0 saturated carbocycles. The molecular formula is C26H24ClN5O4S. The number of ether oxygens (including phenoxy) is 2. The standard InChI is InChI=1S/C26H24ClN5O4S/c27-20-15-17(8-9-21(20)36-13-12-35-18-6-2-1-3-7-18)14-19-24(28)32-26(29-25(19)34)37-22(30-32)16-23(33)31-10-4-5-11-31/h1-3,6-9,14-15,28H,4-5,10-13,16H2. The number of fused-ring (bicyclic) bond motifs is 1. The average molecular weight is 538 g/mol. The topological polar surface area (TPSA) is 108 Å². The molecule has 1 fully saturated rings. The van der Waals surface area contributed by atoms with Crippen LogP contribution in [-0.4, -0.2) is 64.1 Å². The van der Waals surface area contributed by atoms with Crippen molar-refractivity contribution in [3.8, 4) is 11.5 Å². The molecule has 37 heavy (non-hydrogen) atoms. The van der Waals surface area contributed by atoms with Crippen LogP contribution in [0.2, 0.25) is 5.02 Å². The first-order valence-electron chi connectivity index (χ1n) is 11.8. The monoisotopic (exact) mass is 537 g/mol. The summed E-state index contributed by atoms with van der Waals surface area (Å²) >= 11 is 7.55. The van der Waals surface area contributed by atoms with Gasteiger partial charge >= 0.3 is 0 Å². The van der Waals surface area contributed by atoms with Crippen molar-refractivity contribution in [2.45, 2.75) is 19.3 Å². The minimum atomic E-state index is -0.541. The molecule has 2 aromatic rings. The van der Waals surface area contributed by atoms with Crippen LogP contribution in [0.25, 0.3) is 6.08 Å². The maximum absolute atomic E-state index is 12.7. The number of hydrazone groups is 1. The highest BCUT2D eigenvalue weighted by atomic mass is 35.5. The van der Waals surface area contributed by atoms with Gasteiger partial charge in [0.1, 0.15) is 29.8 Å². The highest BCUT2D eigenvalue weighted by Gasteiger charge is 2.36. The normalized spacial score (nSPS) is 18.1. The second-order valence-corrected chi connectivity index (χ2v) is 9.93. The molecule has 0 radical (unpaired) electrons. The minimum absolute atomic E-state index is 0.00129. The highest BCUT2D eigenvalue weighted by molar-refractivity contribution is 8.27. The van der Waals surface area contributed by atoms with Crippen molar-refractivity contribution in [1.82, 2.24) is 9.91 Å². The molecule has 2 aromatic carbocycles. The summed E-state index contributed by atoms with van der Waals surface area (Å²) in [6.07, 6.45) is 3.70. The molecule has 190 valence electrons. The van der Waals surface area contributed by atoms with E-state index in [0.29, 0.717) is 34.6 Å². The van der Waals surface area contributed by atoms with Crippen LogP contribution in [0, 0.1) is 5.41 Å². The lowest BCUT2D eigenvalue weighted by Crippen LogP contribution is -2.35. The van der Waals surface area contributed by atoms with Crippen molar-refractivity contribution in [3.05, 3.63) is 64.7 Å². The number of hydrogen-bond acceptors (Lipinski definition) is 7. The van der Waals surface area contributed by atoms with E-state index in [9.17, 15) is 9.59 Å². The van der Waals surface area contributed by atoms with E-state index in [4.69, 9.17) is 26.5 Å². The number of para-hydroxylation sites is 1. The van der Waals surface area contributed by atoms with E-state index in [1.54, 1.807) is 24.3 Å². The van der Waals surface area contributed by atoms with Crippen molar-refractivity contribution < 1.29 is 19.1 Å². The lowest BCUT2D eigenvalue weighted by molar-refractivity contribution is -0.128. The molecule has 0 atom stereocenters. The summed E-state index contributed by atoms with van der Waals surface area (Å²) in [4.78, 5) is 31.1. The maximum atomic E-state index is 12.7. The highest BCUT2D eigenvalue weighted by Crippen LogP contribution is 2.31. The molecule has 3 aliphatic rings. The predicted octanol–water partition coefficient (Wildman–Crippen LogP) is 4.43. The van der Waals surface area contributed by atoms with E-state index < -0.39 is 5.91 Å². The first-order valence-corrected chi connectivity index (χ1v) is 13.0. The van der Waals surface area contributed by atoms with Gasteiger partial charge in [-0.25, -0.2) is 0 Å². The predicted molar refractivity (Wildman–Crippen MR) is 144 cm³/mol. The van der Waals surface area contributed by atoms with Crippen molar-refractivity contribution in [1.29, 1.82) is 5.41 Å². The smallest absolute Gasteiger partial charge is 0.283 e. The van der Waals surface area contributed by atoms with Gasteiger partial charge in [0.2, 0.25) is 11.1 Å². The molecule has 0 spiro atoms. The van der Waals surface area contributed by atoms with E-state index in [-0.39, 0.29) is 28.9 Å². The van der Waals surface area contributed by atoms with E-state index in [0.717, 1.165) is 43.4 Å². The number of hydrogen-bond donors (Lipinski definition) is 1. The molecule has 0 aliphatic carbocycles. The van der Waals surface area contributed by atoms with Gasteiger partial charge in [0.25, 0.3) is 5.91 Å². The number of thioether (sulfide) groups is 1. The van der Waals surface area contributed by atoms with Crippen LogP contribution >= 0.6 is 23.4 Å². The number of carbonyl (C=O) groups excluding carboxylic acids is 2. The zero-order valence-electron chi connectivity index (χ0n) is 19.9. The fraction of sp³-hybridized carbons (Fsp3) is 0.269. The number of likely N-dealkylation sites (tertiary alicyclic amines) is 1. The Balaban J connectivity index is 1.22. The Kier molecular flexibility index (Phi) is 7.57. The third-order valence-corrected chi connectivity index (χ3v) is 7.08. The van der Waals surface area contributed by atoms with Crippen LogP contribution in [0.5, 0.6) is 11.5 Å². The van der Waals surface area contributed by atoms with Crippen LogP contribution in [-0.2, 0) is 9.59 Å². The Morgan fingerprint density at radius 2 is 1.86 bits per heavy atom. The number of nitrogens with zero attached hydrogens (tertiary/aromatic N) is 4. The molecular weight excluding hydrogens is 514 g/mol. The molecule has 0 unspecified atom stereocenters. The number of halogens is 1. The van der Waals surface area contributed by atoms with E-state index >= 15 is 0 Å². The summed E-state index contributed by atoms with van der Waals surface area (Å²) < 4.78 is 11.3. The number of benzene rings is 2. The minimum Gasteiger partial charge on any atom is -0.490 e. The Morgan fingerprint density at radius 3 is 2.62 bits per heavy atom. The lowest BCUT2D eigenvalue weighted by Gasteiger charge is -2.20. The number of rotatable bonds is 8. The van der Waals surface area contributed by atoms with Crippen LogP contribution in [0.1, 0.15) is 24.8 Å².